The van der Waals surface area contributed by atoms with E-state index in [9.17, 15) is 0 Å². The van der Waals surface area contributed by atoms with Gasteiger partial charge in [0.05, 0.1) is 12.7 Å². The first-order valence-corrected chi connectivity index (χ1v) is 6.26. The van der Waals surface area contributed by atoms with E-state index in [2.05, 4.69) is 18.7 Å². The fraction of sp³-hybridized carbons (Fsp3) is 1.00. The van der Waals surface area contributed by atoms with Gasteiger partial charge in [0.1, 0.15) is 0 Å². The van der Waals surface area contributed by atoms with Crippen molar-refractivity contribution in [2.45, 2.75) is 46.1 Å². The Morgan fingerprint density at radius 1 is 1.25 bits per heavy atom. The number of hydrogen-bond acceptors (Lipinski definition) is 4. The van der Waals surface area contributed by atoms with Crippen molar-refractivity contribution in [3.05, 3.63) is 0 Å². The Labute approximate surface area is 98.8 Å². The van der Waals surface area contributed by atoms with E-state index in [4.69, 9.17) is 14.2 Å². The molecular weight excluding hydrogens is 206 g/mol. The van der Waals surface area contributed by atoms with Crippen molar-refractivity contribution in [3.8, 4) is 0 Å². The summed E-state index contributed by atoms with van der Waals surface area (Å²) in [4.78, 5) is 2.38. The molecule has 0 radical (unpaired) electrons. The summed E-state index contributed by atoms with van der Waals surface area (Å²) in [5.74, 6) is 0. The number of rotatable bonds is 6. The molecule has 0 bridgehead atoms. The van der Waals surface area contributed by atoms with Gasteiger partial charge in [0.15, 0.2) is 6.29 Å². The standard InChI is InChI=1S/C12H25NO3/c1-5-14-12(15-6-2)8-13-7-11(4)16-9-10(13)3/h10-12H,5-9H2,1-4H3. The van der Waals surface area contributed by atoms with E-state index in [0.29, 0.717) is 25.4 Å². The van der Waals surface area contributed by atoms with Gasteiger partial charge in [0.2, 0.25) is 0 Å². The van der Waals surface area contributed by atoms with Crippen molar-refractivity contribution in [2.24, 2.45) is 0 Å². The molecule has 0 N–H and O–H groups in total. The summed E-state index contributed by atoms with van der Waals surface area (Å²) in [6.45, 7) is 12.3. The van der Waals surface area contributed by atoms with E-state index in [1.165, 1.54) is 0 Å². The molecule has 0 amide bonds. The molecule has 0 aliphatic carbocycles. The highest BCUT2D eigenvalue weighted by Gasteiger charge is 2.26. The van der Waals surface area contributed by atoms with Gasteiger partial charge in [-0.25, -0.2) is 0 Å². The lowest BCUT2D eigenvalue weighted by Gasteiger charge is -2.38. The van der Waals surface area contributed by atoms with Gasteiger partial charge in [-0.05, 0) is 27.7 Å². The van der Waals surface area contributed by atoms with Crippen LogP contribution in [0, 0.1) is 0 Å². The first-order valence-electron chi connectivity index (χ1n) is 6.26. The van der Waals surface area contributed by atoms with Gasteiger partial charge >= 0.3 is 0 Å². The minimum absolute atomic E-state index is 0.109. The Morgan fingerprint density at radius 2 is 1.88 bits per heavy atom. The zero-order valence-electron chi connectivity index (χ0n) is 10.9. The molecule has 0 aromatic heterocycles. The number of hydrogen-bond donors (Lipinski definition) is 0. The maximum atomic E-state index is 5.60. The Morgan fingerprint density at radius 3 is 2.44 bits per heavy atom. The average molecular weight is 231 g/mol. The molecule has 1 fully saturated rings. The van der Waals surface area contributed by atoms with Gasteiger partial charge in [0, 0.05) is 32.3 Å². The second-order valence-corrected chi connectivity index (χ2v) is 4.29. The molecule has 1 aliphatic heterocycles. The van der Waals surface area contributed by atoms with Crippen LogP contribution in [0.2, 0.25) is 0 Å². The highest BCUT2D eigenvalue weighted by Crippen LogP contribution is 2.13. The summed E-state index contributed by atoms with van der Waals surface area (Å²) in [7, 11) is 0. The molecular formula is C12H25NO3. The number of morpholine rings is 1. The van der Waals surface area contributed by atoms with Gasteiger partial charge in [-0.1, -0.05) is 0 Å². The largest absolute Gasteiger partial charge is 0.376 e. The van der Waals surface area contributed by atoms with Crippen LogP contribution < -0.4 is 0 Å². The third-order valence-corrected chi connectivity index (χ3v) is 2.83. The van der Waals surface area contributed by atoms with Gasteiger partial charge in [-0.15, -0.1) is 0 Å². The van der Waals surface area contributed by atoms with Crippen LogP contribution in [0.1, 0.15) is 27.7 Å². The highest BCUT2D eigenvalue weighted by atomic mass is 16.7. The van der Waals surface area contributed by atoms with Crippen molar-refractivity contribution in [1.82, 2.24) is 4.90 Å². The third kappa shape index (κ3) is 4.37. The van der Waals surface area contributed by atoms with Gasteiger partial charge in [0.25, 0.3) is 0 Å². The molecule has 0 aromatic carbocycles. The van der Waals surface area contributed by atoms with Crippen LogP contribution >= 0.6 is 0 Å². The molecule has 2 atom stereocenters. The predicted octanol–water partition coefficient (Wildman–Crippen LogP) is 1.49. The SMILES string of the molecule is CCOC(CN1CC(C)OCC1C)OCC. The summed E-state index contributed by atoms with van der Waals surface area (Å²) in [6.07, 6.45) is 0.197. The van der Waals surface area contributed by atoms with Crippen LogP contribution in [0.25, 0.3) is 0 Å². The quantitative estimate of drug-likeness (QED) is 0.648. The molecule has 1 aliphatic rings. The van der Waals surface area contributed by atoms with Crippen molar-refractivity contribution in [3.63, 3.8) is 0 Å². The molecule has 96 valence electrons. The molecule has 0 saturated carbocycles. The van der Waals surface area contributed by atoms with Gasteiger partial charge in [-0.3, -0.25) is 4.90 Å². The maximum absolute atomic E-state index is 5.60. The van der Waals surface area contributed by atoms with Crippen LogP contribution in [0.4, 0.5) is 0 Å². The molecule has 1 saturated heterocycles. The summed E-state index contributed by atoms with van der Waals surface area (Å²) >= 11 is 0. The van der Waals surface area contributed by atoms with E-state index in [-0.39, 0.29) is 6.29 Å². The topological polar surface area (TPSA) is 30.9 Å². The zero-order valence-corrected chi connectivity index (χ0v) is 10.9. The minimum atomic E-state index is -0.109. The van der Waals surface area contributed by atoms with Crippen LogP contribution in [-0.2, 0) is 14.2 Å². The predicted molar refractivity (Wildman–Crippen MR) is 63.5 cm³/mol. The van der Waals surface area contributed by atoms with Crippen LogP contribution in [0.5, 0.6) is 0 Å². The molecule has 2 unspecified atom stereocenters. The molecule has 4 heteroatoms. The minimum Gasteiger partial charge on any atom is -0.376 e. The van der Waals surface area contributed by atoms with E-state index in [1.807, 2.05) is 13.8 Å². The maximum Gasteiger partial charge on any atom is 0.170 e. The van der Waals surface area contributed by atoms with Crippen LogP contribution in [0.3, 0.4) is 0 Å². The number of ether oxygens (including phenoxy) is 3. The Bertz CT molecular complexity index is 183. The lowest BCUT2D eigenvalue weighted by atomic mass is 10.2. The summed E-state index contributed by atoms with van der Waals surface area (Å²) < 4.78 is 16.7. The fourth-order valence-corrected chi connectivity index (χ4v) is 1.94. The molecule has 0 aromatic rings. The Kier molecular flexibility index (Phi) is 6.28. The van der Waals surface area contributed by atoms with Crippen molar-refractivity contribution < 1.29 is 14.2 Å². The second kappa shape index (κ2) is 7.22. The second-order valence-electron chi connectivity index (χ2n) is 4.29. The zero-order chi connectivity index (χ0) is 12.0. The smallest absolute Gasteiger partial charge is 0.170 e. The molecule has 4 nitrogen and oxygen atoms in total. The highest BCUT2D eigenvalue weighted by molar-refractivity contribution is 4.76. The van der Waals surface area contributed by atoms with Gasteiger partial charge < -0.3 is 14.2 Å². The van der Waals surface area contributed by atoms with Crippen molar-refractivity contribution in [1.29, 1.82) is 0 Å². The van der Waals surface area contributed by atoms with Crippen molar-refractivity contribution in [2.75, 3.05) is 32.9 Å². The van der Waals surface area contributed by atoms with Crippen LogP contribution in [-0.4, -0.2) is 56.2 Å². The van der Waals surface area contributed by atoms with E-state index in [1.54, 1.807) is 0 Å². The fourth-order valence-electron chi connectivity index (χ4n) is 1.94. The summed E-state index contributed by atoms with van der Waals surface area (Å²) in [6, 6.07) is 0.444. The van der Waals surface area contributed by atoms with E-state index < -0.39 is 0 Å². The first kappa shape index (κ1) is 13.9. The summed E-state index contributed by atoms with van der Waals surface area (Å²) in [5.41, 5.74) is 0. The van der Waals surface area contributed by atoms with Crippen molar-refractivity contribution >= 4 is 0 Å². The molecule has 1 heterocycles. The first-order chi connectivity index (χ1) is 7.67. The molecule has 0 spiro atoms. The molecule has 16 heavy (non-hydrogen) atoms. The Hall–Kier alpha value is -0.160. The monoisotopic (exact) mass is 231 g/mol. The lowest BCUT2D eigenvalue weighted by molar-refractivity contribution is -0.162. The van der Waals surface area contributed by atoms with E-state index >= 15 is 0 Å². The Balaban J connectivity index is 2.41. The number of nitrogens with zero attached hydrogens (tertiary/aromatic N) is 1. The molecule has 1 rings (SSSR count). The van der Waals surface area contributed by atoms with E-state index in [0.717, 1.165) is 19.7 Å². The summed E-state index contributed by atoms with van der Waals surface area (Å²) in [5, 5.41) is 0. The lowest BCUT2D eigenvalue weighted by Crippen LogP contribution is -2.50. The third-order valence-electron chi connectivity index (χ3n) is 2.83. The van der Waals surface area contributed by atoms with Crippen LogP contribution in [0.15, 0.2) is 0 Å². The normalized spacial score (nSPS) is 27.6. The average Bonchev–Trinajstić information content (AvgIpc) is 2.24. The van der Waals surface area contributed by atoms with Gasteiger partial charge in [-0.2, -0.15) is 0 Å².